The van der Waals surface area contributed by atoms with Crippen molar-refractivity contribution in [3.8, 4) is 0 Å². The summed E-state index contributed by atoms with van der Waals surface area (Å²) in [6, 6.07) is 22.0. The number of carbonyl (C=O) groups is 3. The third kappa shape index (κ3) is 9.40. The number of aromatic carboxylic acids is 1. The minimum atomic E-state index is -0.970. The monoisotopic (exact) mass is 620 g/mol. The van der Waals surface area contributed by atoms with Gasteiger partial charge in [0.2, 0.25) is 11.8 Å². The van der Waals surface area contributed by atoms with Crippen molar-refractivity contribution in [1.82, 2.24) is 5.32 Å². The molecule has 1 fully saturated rings. The van der Waals surface area contributed by atoms with Crippen molar-refractivity contribution in [2.24, 2.45) is 5.92 Å². The molecule has 234 valence electrons. The first-order chi connectivity index (χ1) is 21.2. The fourth-order valence-electron chi connectivity index (χ4n) is 5.05. The second kappa shape index (κ2) is 16.4. The van der Waals surface area contributed by atoms with Crippen molar-refractivity contribution in [1.29, 1.82) is 0 Å². The Morgan fingerprint density at radius 2 is 1.59 bits per heavy atom. The van der Waals surface area contributed by atoms with E-state index in [0.29, 0.717) is 29.3 Å². The van der Waals surface area contributed by atoms with Gasteiger partial charge in [-0.2, -0.15) is 0 Å². The normalized spacial score (nSPS) is 19.7. The summed E-state index contributed by atoms with van der Waals surface area (Å²) in [7, 11) is 0. The number of carboxylic acids is 1. The number of ether oxygens (including phenoxy) is 2. The SMILES string of the molecule is CC(=O)NCCCCCC(=O)Nc1ccc(C2OC(CSc3ccccc3C(=O)O)C(C)C(c3ccc(CO)cc3)O2)cc1. The van der Waals surface area contributed by atoms with Crippen LogP contribution in [-0.2, 0) is 25.7 Å². The number of carboxylic acid groups (broad SMARTS) is 1. The molecule has 0 aliphatic carbocycles. The van der Waals surface area contributed by atoms with Crippen LogP contribution in [-0.4, -0.2) is 46.4 Å². The lowest BCUT2D eigenvalue weighted by atomic mass is 9.91. The lowest BCUT2D eigenvalue weighted by molar-refractivity contribution is -0.268. The summed E-state index contributed by atoms with van der Waals surface area (Å²) in [5.74, 6) is -0.611. The predicted molar refractivity (Wildman–Crippen MR) is 169 cm³/mol. The molecule has 3 aromatic rings. The van der Waals surface area contributed by atoms with Crippen molar-refractivity contribution in [2.75, 3.05) is 17.6 Å². The summed E-state index contributed by atoms with van der Waals surface area (Å²) < 4.78 is 13.0. The van der Waals surface area contributed by atoms with Crippen molar-refractivity contribution < 1.29 is 34.1 Å². The first-order valence-corrected chi connectivity index (χ1v) is 15.8. The molecule has 0 radical (unpaired) electrons. The first-order valence-electron chi connectivity index (χ1n) is 14.8. The van der Waals surface area contributed by atoms with Crippen LogP contribution in [0.1, 0.15) is 79.0 Å². The molecule has 10 heteroatoms. The third-order valence-corrected chi connectivity index (χ3v) is 8.73. The molecule has 1 aliphatic heterocycles. The van der Waals surface area contributed by atoms with Crippen LogP contribution in [0.3, 0.4) is 0 Å². The highest BCUT2D eigenvalue weighted by Gasteiger charge is 2.38. The number of hydrogen-bond donors (Lipinski definition) is 4. The minimum absolute atomic E-state index is 0.0448. The Morgan fingerprint density at radius 1 is 0.886 bits per heavy atom. The Kier molecular flexibility index (Phi) is 12.4. The van der Waals surface area contributed by atoms with Crippen molar-refractivity contribution in [3.63, 3.8) is 0 Å². The maximum absolute atomic E-state index is 12.4. The number of hydrogen-bond acceptors (Lipinski definition) is 7. The van der Waals surface area contributed by atoms with E-state index in [2.05, 4.69) is 17.6 Å². The molecule has 4 unspecified atom stereocenters. The highest BCUT2D eigenvalue weighted by molar-refractivity contribution is 7.99. The molecule has 0 aromatic heterocycles. The summed E-state index contributed by atoms with van der Waals surface area (Å²) in [4.78, 5) is 35.8. The van der Waals surface area contributed by atoms with Crippen LogP contribution in [0.25, 0.3) is 0 Å². The van der Waals surface area contributed by atoms with Gasteiger partial charge in [0.25, 0.3) is 0 Å². The fourth-order valence-corrected chi connectivity index (χ4v) is 6.26. The van der Waals surface area contributed by atoms with Crippen molar-refractivity contribution in [3.05, 3.63) is 95.1 Å². The summed E-state index contributed by atoms with van der Waals surface area (Å²) >= 11 is 1.45. The Balaban J connectivity index is 1.43. The van der Waals surface area contributed by atoms with E-state index in [1.54, 1.807) is 18.2 Å². The summed E-state index contributed by atoms with van der Waals surface area (Å²) in [5, 5.41) is 24.8. The van der Waals surface area contributed by atoms with Gasteiger partial charge in [-0.1, -0.05) is 61.9 Å². The topological polar surface area (TPSA) is 134 Å². The molecular weight excluding hydrogens is 580 g/mol. The number of anilines is 1. The Bertz CT molecular complexity index is 1400. The van der Waals surface area contributed by atoms with Crippen LogP contribution in [0.2, 0.25) is 0 Å². The molecule has 4 rings (SSSR count). The van der Waals surface area contributed by atoms with Gasteiger partial charge in [0.1, 0.15) is 0 Å². The fraction of sp³-hybridized carbons (Fsp3) is 0.382. The van der Waals surface area contributed by atoms with E-state index in [4.69, 9.17) is 9.47 Å². The molecule has 2 amide bonds. The molecule has 9 nitrogen and oxygen atoms in total. The van der Waals surface area contributed by atoms with E-state index >= 15 is 0 Å². The van der Waals surface area contributed by atoms with Gasteiger partial charge in [0.05, 0.1) is 24.4 Å². The lowest BCUT2D eigenvalue weighted by Crippen LogP contribution is -2.38. The highest BCUT2D eigenvalue weighted by atomic mass is 32.2. The van der Waals surface area contributed by atoms with E-state index in [-0.39, 0.29) is 42.1 Å². The van der Waals surface area contributed by atoms with Crippen molar-refractivity contribution in [2.45, 2.75) is 69.5 Å². The quantitative estimate of drug-likeness (QED) is 0.126. The number of carbonyl (C=O) groups excluding carboxylic acids is 2. The molecule has 1 saturated heterocycles. The number of amides is 2. The minimum Gasteiger partial charge on any atom is -0.478 e. The number of aliphatic hydroxyl groups excluding tert-OH is 1. The van der Waals surface area contributed by atoms with Gasteiger partial charge in [-0.25, -0.2) is 4.79 Å². The zero-order valence-corrected chi connectivity index (χ0v) is 25.8. The Labute approximate surface area is 262 Å². The molecular formula is C34H40N2O7S. The Hall–Kier alpha value is -3.70. The van der Waals surface area contributed by atoms with Crippen LogP contribution >= 0.6 is 11.8 Å². The van der Waals surface area contributed by atoms with E-state index in [1.165, 1.54) is 18.7 Å². The number of nitrogens with one attached hydrogen (secondary N) is 2. The lowest BCUT2D eigenvalue weighted by Gasteiger charge is -2.41. The molecule has 0 spiro atoms. The number of unbranched alkanes of at least 4 members (excludes halogenated alkanes) is 2. The summed E-state index contributed by atoms with van der Waals surface area (Å²) in [6.07, 6.45) is 1.59. The summed E-state index contributed by atoms with van der Waals surface area (Å²) in [5.41, 5.74) is 3.50. The van der Waals surface area contributed by atoms with Crippen molar-refractivity contribution >= 4 is 35.2 Å². The number of rotatable bonds is 14. The second-order valence-corrected chi connectivity index (χ2v) is 12.0. The van der Waals surface area contributed by atoms with Crippen LogP contribution in [0.5, 0.6) is 0 Å². The van der Waals surface area contributed by atoms with Gasteiger partial charge >= 0.3 is 5.97 Å². The van der Waals surface area contributed by atoms with Gasteiger partial charge in [-0.05, 0) is 48.2 Å². The molecule has 0 bridgehead atoms. The van der Waals surface area contributed by atoms with E-state index in [1.807, 2.05) is 54.6 Å². The van der Waals surface area contributed by atoms with E-state index in [9.17, 15) is 24.6 Å². The molecule has 1 heterocycles. The van der Waals surface area contributed by atoms with Crippen LogP contribution in [0.15, 0.2) is 77.7 Å². The maximum atomic E-state index is 12.4. The molecule has 3 aromatic carbocycles. The van der Waals surface area contributed by atoms with Crippen LogP contribution < -0.4 is 10.6 Å². The summed E-state index contributed by atoms with van der Waals surface area (Å²) in [6.45, 7) is 4.13. The maximum Gasteiger partial charge on any atom is 0.336 e. The number of thioether (sulfide) groups is 1. The van der Waals surface area contributed by atoms with E-state index in [0.717, 1.165) is 36.0 Å². The average molecular weight is 621 g/mol. The van der Waals surface area contributed by atoms with Gasteiger partial charge in [-0.3, -0.25) is 9.59 Å². The van der Waals surface area contributed by atoms with Gasteiger partial charge in [0, 0.05) is 47.7 Å². The number of benzene rings is 3. The van der Waals surface area contributed by atoms with E-state index < -0.39 is 12.3 Å². The van der Waals surface area contributed by atoms with Gasteiger partial charge in [-0.15, -0.1) is 11.8 Å². The van der Waals surface area contributed by atoms with Gasteiger partial charge < -0.3 is 30.3 Å². The third-order valence-electron chi connectivity index (χ3n) is 7.57. The zero-order valence-electron chi connectivity index (χ0n) is 25.0. The molecule has 0 saturated carbocycles. The molecule has 1 aliphatic rings. The smallest absolute Gasteiger partial charge is 0.336 e. The molecule has 4 atom stereocenters. The molecule has 4 N–H and O–H groups in total. The standard InChI is InChI=1S/C34H40N2O7S/c1-22-29(21-44-30-9-6-5-8-28(30)33(40)41)42-34(43-32(22)25-13-11-24(20-37)12-14-25)26-15-17-27(18-16-26)36-31(39)10-4-3-7-19-35-23(2)38/h5-6,8-9,11-18,22,29,32,34,37H,3-4,7,10,19-21H2,1-2H3,(H,35,38)(H,36,39)(H,40,41). The Morgan fingerprint density at radius 3 is 2.27 bits per heavy atom. The van der Waals surface area contributed by atoms with Crippen LogP contribution in [0, 0.1) is 5.92 Å². The number of aliphatic hydroxyl groups is 1. The first kappa shape index (κ1) is 33.2. The largest absolute Gasteiger partial charge is 0.478 e. The predicted octanol–water partition coefficient (Wildman–Crippen LogP) is 6.10. The van der Waals surface area contributed by atoms with Gasteiger partial charge in [0.15, 0.2) is 6.29 Å². The highest BCUT2D eigenvalue weighted by Crippen LogP contribution is 2.43. The average Bonchev–Trinajstić information content (AvgIpc) is 3.02. The van der Waals surface area contributed by atoms with Crippen LogP contribution in [0.4, 0.5) is 5.69 Å². The second-order valence-electron chi connectivity index (χ2n) is 10.9. The zero-order chi connectivity index (χ0) is 31.5. The molecule has 44 heavy (non-hydrogen) atoms.